The van der Waals surface area contributed by atoms with Crippen LogP contribution in [0.25, 0.3) is 0 Å². The largest absolute Gasteiger partial charge is 0.327 e. The molecule has 0 bridgehead atoms. The highest BCUT2D eigenvalue weighted by Gasteiger charge is 2.35. The van der Waals surface area contributed by atoms with Gasteiger partial charge in [0.2, 0.25) is 0 Å². The lowest BCUT2D eigenvalue weighted by Crippen LogP contribution is -2.36. The number of carbonyl (C=O) groups is 1. The fourth-order valence-corrected chi connectivity index (χ4v) is 3.34. The summed E-state index contributed by atoms with van der Waals surface area (Å²) >= 11 is 0. The lowest BCUT2D eigenvalue weighted by Gasteiger charge is -2.28. The summed E-state index contributed by atoms with van der Waals surface area (Å²) in [5, 5.41) is 0. The van der Waals surface area contributed by atoms with Gasteiger partial charge in [0, 0.05) is 17.9 Å². The van der Waals surface area contributed by atoms with E-state index in [4.69, 9.17) is 5.73 Å². The van der Waals surface area contributed by atoms with E-state index in [0.717, 1.165) is 38.0 Å². The summed E-state index contributed by atoms with van der Waals surface area (Å²) in [6, 6.07) is 0.162. The highest BCUT2D eigenvalue weighted by Crippen LogP contribution is 2.35. The molecule has 0 heterocycles. The van der Waals surface area contributed by atoms with Gasteiger partial charge in [-0.3, -0.25) is 4.79 Å². The molecule has 15 heavy (non-hydrogen) atoms. The van der Waals surface area contributed by atoms with Crippen molar-refractivity contribution in [3.8, 4) is 0 Å². The van der Waals surface area contributed by atoms with E-state index in [9.17, 15) is 4.79 Å². The first kappa shape index (κ1) is 11.1. The van der Waals surface area contributed by atoms with Gasteiger partial charge in [-0.05, 0) is 31.6 Å². The van der Waals surface area contributed by atoms with E-state index in [2.05, 4.69) is 6.92 Å². The minimum absolute atomic E-state index is 0.162. The van der Waals surface area contributed by atoms with Gasteiger partial charge in [-0.25, -0.2) is 0 Å². The van der Waals surface area contributed by atoms with Crippen LogP contribution in [0.5, 0.6) is 0 Å². The Labute approximate surface area is 92.6 Å². The predicted octanol–water partition coefficient (Wildman–Crippen LogP) is 2.51. The highest BCUT2D eigenvalue weighted by atomic mass is 16.1. The maximum absolute atomic E-state index is 12.3. The van der Waals surface area contributed by atoms with Gasteiger partial charge in [0.15, 0.2) is 0 Å². The predicted molar refractivity (Wildman–Crippen MR) is 61.4 cm³/mol. The van der Waals surface area contributed by atoms with Gasteiger partial charge in [-0.2, -0.15) is 0 Å². The molecule has 0 aromatic rings. The van der Waals surface area contributed by atoms with Crippen LogP contribution in [0.2, 0.25) is 0 Å². The van der Waals surface area contributed by atoms with E-state index < -0.39 is 0 Å². The number of carbonyl (C=O) groups excluding carboxylic acids is 1. The third kappa shape index (κ3) is 2.41. The van der Waals surface area contributed by atoms with Crippen LogP contribution in [0.4, 0.5) is 0 Å². The van der Waals surface area contributed by atoms with Crippen LogP contribution < -0.4 is 5.73 Å². The number of nitrogens with two attached hydrogens (primary N) is 1. The summed E-state index contributed by atoms with van der Waals surface area (Å²) in [7, 11) is 0. The van der Waals surface area contributed by atoms with Crippen molar-refractivity contribution >= 4 is 5.78 Å². The second-order valence-electron chi connectivity index (χ2n) is 5.57. The maximum atomic E-state index is 12.3. The number of Topliss-reactive ketones (excluding diaryl/α,β-unsaturated/α-hetero) is 1. The van der Waals surface area contributed by atoms with Crippen molar-refractivity contribution in [2.24, 2.45) is 23.5 Å². The summed E-state index contributed by atoms with van der Waals surface area (Å²) in [4.78, 5) is 12.3. The SMILES string of the molecule is CC1CCCC(C(=O)C2CCCC2N)C1. The monoisotopic (exact) mass is 209 g/mol. The van der Waals surface area contributed by atoms with E-state index in [-0.39, 0.29) is 12.0 Å². The number of ketones is 1. The molecule has 0 spiro atoms. The molecule has 0 amide bonds. The molecule has 2 saturated carbocycles. The second-order valence-corrected chi connectivity index (χ2v) is 5.57. The Morgan fingerprint density at radius 1 is 1.13 bits per heavy atom. The number of rotatable bonds is 2. The van der Waals surface area contributed by atoms with Crippen LogP contribution >= 0.6 is 0 Å². The van der Waals surface area contributed by atoms with Gasteiger partial charge in [-0.15, -0.1) is 0 Å². The molecule has 2 fully saturated rings. The third-order valence-corrected chi connectivity index (χ3v) is 4.27. The van der Waals surface area contributed by atoms with Crippen LogP contribution in [0.1, 0.15) is 51.9 Å². The Kier molecular flexibility index (Phi) is 3.45. The maximum Gasteiger partial charge on any atom is 0.140 e. The van der Waals surface area contributed by atoms with Crippen LogP contribution in [0, 0.1) is 17.8 Å². The van der Waals surface area contributed by atoms with Gasteiger partial charge in [0.05, 0.1) is 0 Å². The molecule has 86 valence electrons. The summed E-state index contributed by atoms with van der Waals surface area (Å²) in [5.74, 6) is 1.76. The van der Waals surface area contributed by atoms with Gasteiger partial charge in [0.1, 0.15) is 5.78 Å². The third-order valence-electron chi connectivity index (χ3n) is 4.27. The fraction of sp³-hybridized carbons (Fsp3) is 0.923. The molecule has 2 aliphatic carbocycles. The van der Waals surface area contributed by atoms with Gasteiger partial charge < -0.3 is 5.73 Å². The molecular weight excluding hydrogens is 186 g/mol. The van der Waals surface area contributed by atoms with Crippen molar-refractivity contribution in [1.29, 1.82) is 0 Å². The Hall–Kier alpha value is -0.370. The summed E-state index contributed by atoms with van der Waals surface area (Å²) in [5.41, 5.74) is 6.00. The molecule has 2 N–H and O–H groups in total. The van der Waals surface area contributed by atoms with Crippen LogP contribution in [0.3, 0.4) is 0 Å². The normalized spacial score (nSPS) is 41.7. The highest BCUT2D eigenvalue weighted by molar-refractivity contribution is 5.84. The van der Waals surface area contributed by atoms with Crippen molar-refractivity contribution in [2.75, 3.05) is 0 Å². The quantitative estimate of drug-likeness (QED) is 0.759. The Morgan fingerprint density at radius 2 is 1.87 bits per heavy atom. The van der Waals surface area contributed by atoms with Crippen molar-refractivity contribution in [2.45, 2.75) is 57.9 Å². The standard InChI is InChI=1S/C13H23NO/c1-9-4-2-5-10(8-9)13(15)11-6-3-7-12(11)14/h9-12H,2-8,14H2,1H3. The molecular formula is C13H23NO. The molecule has 4 unspecified atom stereocenters. The van der Waals surface area contributed by atoms with Crippen molar-refractivity contribution in [3.63, 3.8) is 0 Å². The topological polar surface area (TPSA) is 43.1 Å². The van der Waals surface area contributed by atoms with Gasteiger partial charge in [0.25, 0.3) is 0 Å². The van der Waals surface area contributed by atoms with Gasteiger partial charge in [-0.1, -0.05) is 26.2 Å². The van der Waals surface area contributed by atoms with Crippen LogP contribution in [0.15, 0.2) is 0 Å². The van der Waals surface area contributed by atoms with Crippen LogP contribution in [-0.4, -0.2) is 11.8 Å². The van der Waals surface area contributed by atoms with E-state index in [1.165, 1.54) is 12.8 Å². The first-order chi connectivity index (χ1) is 7.18. The first-order valence-electron chi connectivity index (χ1n) is 6.47. The van der Waals surface area contributed by atoms with Crippen molar-refractivity contribution in [1.82, 2.24) is 0 Å². The first-order valence-corrected chi connectivity index (χ1v) is 6.47. The molecule has 0 saturated heterocycles. The van der Waals surface area contributed by atoms with E-state index in [1.54, 1.807) is 0 Å². The summed E-state index contributed by atoms with van der Waals surface area (Å²) in [6.45, 7) is 2.27. The minimum atomic E-state index is 0.162. The Balaban J connectivity index is 1.94. The Morgan fingerprint density at radius 3 is 2.47 bits per heavy atom. The number of hydrogen-bond acceptors (Lipinski definition) is 2. The van der Waals surface area contributed by atoms with E-state index in [0.29, 0.717) is 11.7 Å². The molecule has 0 radical (unpaired) electrons. The average molecular weight is 209 g/mol. The number of hydrogen-bond donors (Lipinski definition) is 1. The smallest absolute Gasteiger partial charge is 0.140 e. The molecule has 2 aliphatic rings. The molecule has 2 heteroatoms. The lowest BCUT2D eigenvalue weighted by molar-refractivity contribution is -0.128. The summed E-state index contributed by atoms with van der Waals surface area (Å²) in [6.07, 6.45) is 8.03. The fourth-order valence-electron chi connectivity index (χ4n) is 3.34. The lowest BCUT2D eigenvalue weighted by atomic mass is 9.76. The zero-order chi connectivity index (χ0) is 10.8. The average Bonchev–Trinajstić information content (AvgIpc) is 2.63. The molecule has 2 rings (SSSR count). The van der Waals surface area contributed by atoms with Gasteiger partial charge >= 0.3 is 0 Å². The second kappa shape index (κ2) is 4.65. The van der Waals surface area contributed by atoms with Crippen molar-refractivity contribution < 1.29 is 4.79 Å². The Bertz CT molecular complexity index is 239. The van der Waals surface area contributed by atoms with E-state index in [1.807, 2.05) is 0 Å². The molecule has 0 aromatic carbocycles. The molecule has 0 aromatic heterocycles. The molecule has 0 aliphatic heterocycles. The van der Waals surface area contributed by atoms with E-state index >= 15 is 0 Å². The zero-order valence-corrected chi connectivity index (χ0v) is 9.74. The zero-order valence-electron chi connectivity index (χ0n) is 9.74. The summed E-state index contributed by atoms with van der Waals surface area (Å²) < 4.78 is 0. The molecule has 4 atom stereocenters. The van der Waals surface area contributed by atoms with Crippen molar-refractivity contribution in [3.05, 3.63) is 0 Å². The molecule has 2 nitrogen and oxygen atoms in total. The minimum Gasteiger partial charge on any atom is -0.327 e. The van der Waals surface area contributed by atoms with Crippen LogP contribution in [-0.2, 0) is 4.79 Å².